The number of hydrogen-bond donors (Lipinski definition) is 1. The number of hydrogen-bond acceptors (Lipinski definition) is 3. The zero-order valence-electron chi connectivity index (χ0n) is 14.1. The van der Waals surface area contributed by atoms with Crippen LogP contribution in [-0.4, -0.2) is 37.5 Å². The Morgan fingerprint density at radius 1 is 1.21 bits per heavy atom. The van der Waals surface area contributed by atoms with Crippen LogP contribution in [0, 0.1) is 6.92 Å². The fraction of sp³-hybridized carbons (Fsp3) is 0.588. The van der Waals surface area contributed by atoms with Gasteiger partial charge in [0.05, 0.1) is 5.75 Å². The van der Waals surface area contributed by atoms with Crippen molar-refractivity contribution in [2.75, 3.05) is 24.2 Å². The first-order valence-corrected chi connectivity index (χ1v) is 10.4. The highest BCUT2D eigenvalue weighted by Crippen LogP contribution is 2.20. The number of benzene rings is 1. The maximum Gasteiger partial charge on any atom is 0.224 e. The zero-order valence-corrected chi connectivity index (χ0v) is 15.6. The second-order valence-electron chi connectivity index (χ2n) is 6.24. The van der Waals surface area contributed by atoms with E-state index >= 15 is 0 Å². The van der Waals surface area contributed by atoms with Crippen molar-refractivity contribution in [1.29, 1.82) is 0 Å². The van der Waals surface area contributed by atoms with E-state index in [0.717, 1.165) is 24.8 Å². The minimum atomic E-state index is -3.17. The second kappa shape index (κ2) is 8.83. The molecule has 0 bridgehead atoms. The molecule has 1 aliphatic heterocycles. The molecule has 134 valence electrons. The third-order valence-electron chi connectivity index (χ3n) is 4.22. The number of halogens is 1. The molecule has 1 saturated heterocycles. The molecule has 0 radical (unpaired) electrons. The number of piperidine rings is 1. The van der Waals surface area contributed by atoms with Crippen molar-refractivity contribution in [3.05, 3.63) is 28.8 Å². The van der Waals surface area contributed by atoms with E-state index in [1.807, 2.05) is 13.0 Å². The Kier molecular flexibility index (Phi) is 7.07. The van der Waals surface area contributed by atoms with Gasteiger partial charge in [-0.3, -0.25) is 4.79 Å². The van der Waals surface area contributed by atoms with Gasteiger partial charge in [-0.25, -0.2) is 12.7 Å². The lowest BCUT2D eigenvalue weighted by Crippen LogP contribution is -2.37. The van der Waals surface area contributed by atoms with Crippen LogP contribution in [0.4, 0.5) is 5.69 Å². The molecular weight excluding hydrogens is 348 g/mol. The number of anilines is 1. The lowest BCUT2D eigenvalue weighted by Gasteiger charge is -2.25. The summed E-state index contributed by atoms with van der Waals surface area (Å²) in [6.45, 7) is 3.17. The number of nitrogens with one attached hydrogen (secondary N) is 1. The summed E-state index contributed by atoms with van der Waals surface area (Å²) in [6.07, 6.45) is 4.36. The molecule has 2 rings (SSSR count). The zero-order chi connectivity index (χ0) is 17.6. The van der Waals surface area contributed by atoms with Crippen LogP contribution < -0.4 is 5.32 Å². The Hall–Kier alpha value is -1.11. The molecule has 0 aromatic heterocycles. The van der Waals surface area contributed by atoms with Gasteiger partial charge in [-0.1, -0.05) is 24.1 Å². The molecule has 7 heteroatoms. The summed E-state index contributed by atoms with van der Waals surface area (Å²) in [4.78, 5) is 11.9. The first-order chi connectivity index (χ1) is 11.4. The minimum absolute atomic E-state index is 0.120. The maximum absolute atomic E-state index is 12.2. The Balaban J connectivity index is 1.71. The summed E-state index contributed by atoms with van der Waals surface area (Å²) in [5, 5.41) is 3.40. The SMILES string of the molecule is Cc1ccc(NC(=O)CCCCS(=O)(=O)N2CCCCC2)cc1Cl. The van der Waals surface area contributed by atoms with Gasteiger partial charge in [-0.15, -0.1) is 0 Å². The maximum atomic E-state index is 12.2. The molecule has 24 heavy (non-hydrogen) atoms. The smallest absolute Gasteiger partial charge is 0.224 e. The van der Waals surface area contributed by atoms with Crippen molar-refractivity contribution in [3.63, 3.8) is 0 Å². The third kappa shape index (κ3) is 5.76. The predicted octanol–water partition coefficient (Wildman–Crippen LogP) is 3.57. The molecule has 1 aromatic carbocycles. The van der Waals surface area contributed by atoms with Crippen molar-refractivity contribution in [2.24, 2.45) is 0 Å². The van der Waals surface area contributed by atoms with E-state index in [4.69, 9.17) is 11.6 Å². The summed E-state index contributed by atoms with van der Waals surface area (Å²) in [7, 11) is -3.17. The van der Waals surface area contributed by atoms with E-state index in [0.29, 0.717) is 43.1 Å². The number of unbranched alkanes of at least 4 members (excludes halogenated alkanes) is 1. The molecule has 1 amide bonds. The largest absolute Gasteiger partial charge is 0.326 e. The fourth-order valence-corrected chi connectivity index (χ4v) is 4.56. The Bertz CT molecular complexity index is 670. The summed E-state index contributed by atoms with van der Waals surface area (Å²) in [6, 6.07) is 5.37. The number of sulfonamides is 1. The number of aryl methyl sites for hydroxylation is 1. The number of nitrogens with zero attached hydrogens (tertiary/aromatic N) is 1. The van der Waals surface area contributed by atoms with Crippen molar-refractivity contribution < 1.29 is 13.2 Å². The van der Waals surface area contributed by atoms with E-state index in [9.17, 15) is 13.2 Å². The first kappa shape index (κ1) is 19.2. The molecule has 0 atom stereocenters. The number of carbonyl (C=O) groups excluding carboxylic acids is 1. The molecule has 1 aliphatic rings. The lowest BCUT2D eigenvalue weighted by molar-refractivity contribution is -0.116. The third-order valence-corrected chi connectivity index (χ3v) is 6.58. The Labute approximate surface area is 149 Å². The fourth-order valence-electron chi connectivity index (χ4n) is 2.74. The monoisotopic (exact) mass is 372 g/mol. The summed E-state index contributed by atoms with van der Waals surface area (Å²) >= 11 is 6.03. The van der Waals surface area contributed by atoms with Gasteiger partial charge in [0.2, 0.25) is 15.9 Å². The molecular formula is C17H25ClN2O3S. The molecule has 5 nitrogen and oxygen atoms in total. The van der Waals surface area contributed by atoms with Crippen molar-refractivity contribution in [1.82, 2.24) is 4.31 Å². The van der Waals surface area contributed by atoms with Crippen molar-refractivity contribution in [2.45, 2.75) is 45.4 Å². The van der Waals surface area contributed by atoms with Crippen LogP contribution in [0.25, 0.3) is 0 Å². The normalized spacial score (nSPS) is 16.1. The average molecular weight is 373 g/mol. The number of carbonyl (C=O) groups is 1. The molecule has 0 unspecified atom stereocenters. The molecule has 0 aliphatic carbocycles. The van der Waals surface area contributed by atoms with Crippen LogP contribution in [0.5, 0.6) is 0 Å². The van der Waals surface area contributed by atoms with E-state index in [1.54, 1.807) is 16.4 Å². The van der Waals surface area contributed by atoms with Gasteiger partial charge in [0, 0.05) is 30.2 Å². The Morgan fingerprint density at radius 3 is 2.58 bits per heavy atom. The van der Waals surface area contributed by atoms with Crippen molar-refractivity contribution >= 4 is 33.2 Å². The van der Waals surface area contributed by atoms with E-state index in [1.165, 1.54) is 0 Å². The highest BCUT2D eigenvalue weighted by molar-refractivity contribution is 7.89. The van der Waals surface area contributed by atoms with Gasteiger partial charge in [0.15, 0.2) is 0 Å². The summed E-state index contributed by atoms with van der Waals surface area (Å²) in [5.74, 6) is 0.00156. The highest BCUT2D eigenvalue weighted by atomic mass is 35.5. The standard InChI is InChI=1S/C17H25ClN2O3S/c1-14-8-9-15(13-16(14)18)19-17(21)7-3-6-12-24(22,23)20-10-4-2-5-11-20/h8-9,13H,2-7,10-12H2,1H3,(H,19,21). The van der Waals surface area contributed by atoms with Gasteiger partial charge in [0.1, 0.15) is 0 Å². The van der Waals surface area contributed by atoms with Crippen LogP contribution in [0.1, 0.15) is 44.1 Å². The Morgan fingerprint density at radius 2 is 1.92 bits per heavy atom. The number of rotatable bonds is 7. The average Bonchev–Trinajstić information content (AvgIpc) is 2.56. The number of amides is 1. The molecule has 0 spiro atoms. The van der Waals surface area contributed by atoms with Crippen LogP contribution >= 0.6 is 11.6 Å². The molecule has 1 N–H and O–H groups in total. The van der Waals surface area contributed by atoms with Crippen molar-refractivity contribution in [3.8, 4) is 0 Å². The van der Waals surface area contributed by atoms with Gasteiger partial charge < -0.3 is 5.32 Å². The van der Waals surface area contributed by atoms with Gasteiger partial charge in [0.25, 0.3) is 0 Å². The van der Waals surface area contributed by atoms with E-state index < -0.39 is 10.0 Å². The quantitative estimate of drug-likeness (QED) is 0.744. The first-order valence-electron chi connectivity index (χ1n) is 8.42. The van der Waals surface area contributed by atoms with E-state index in [-0.39, 0.29) is 11.7 Å². The van der Waals surface area contributed by atoms with Crippen LogP contribution in [0.15, 0.2) is 18.2 Å². The summed E-state index contributed by atoms with van der Waals surface area (Å²) < 4.78 is 26.0. The van der Waals surface area contributed by atoms with Gasteiger partial charge in [-0.2, -0.15) is 0 Å². The van der Waals surface area contributed by atoms with Gasteiger partial charge in [-0.05, 0) is 50.3 Å². The predicted molar refractivity (Wildman–Crippen MR) is 97.9 cm³/mol. The molecule has 1 fully saturated rings. The molecule has 0 saturated carbocycles. The highest BCUT2D eigenvalue weighted by Gasteiger charge is 2.23. The molecule has 1 heterocycles. The second-order valence-corrected chi connectivity index (χ2v) is 8.74. The topological polar surface area (TPSA) is 66.5 Å². The lowest BCUT2D eigenvalue weighted by atomic mass is 10.2. The van der Waals surface area contributed by atoms with Crippen LogP contribution in [0.3, 0.4) is 0 Å². The van der Waals surface area contributed by atoms with Gasteiger partial charge >= 0.3 is 0 Å². The summed E-state index contributed by atoms with van der Waals surface area (Å²) in [5.41, 5.74) is 1.62. The minimum Gasteiger partial charge on any atom is -0.326 e. The molecule has 1 aromatic rings. The van der Waals surface area contributed by atoms with E-state index in [2.05, 4.69) is 5.32 Å². The van der Waals surface area contributed by atoms with Crippen LogP contribution in [0.2, 0.25) is 5.02 Å². The van der Waals surface area contributed by atoms with Crippen LogP contribution in [-0.2, 0) is 14.8 Å².